The molecule has 1 unspecified atom stereocenters. The highest BCUT2D eigenvalue weighted by Crippen LogP contribution is 2.21. The van der Waals surface area contributed by atoms with Gasteiger partial charge in [0, 0.05) is 18.2 Å². The number of hydrogen-bond acceptors (Lipinski definition) is 4. The lowest BCUT2D eigenvalue weighted by Gasteiger charge is -2.30. The number of likely N-dealkylation sites (tertiary alicyclic amines) is 1. The van der Waals surface area contributed by atoms with Crippen LogP contribution in [0, 0.1) is 12.8 Å². The normalized spacial score (nSPS) is 16.5. The summed E-state index contributed by atoms with van der Waals surface area (Å²) in [6.07, 6.45) is 1.61. The third-order valence-corrected chi connectivity index (χ3v) is 5.31. The summed E-state index contributed by atoms with van der Waals surface area (Å²) in [6, 6.07) is 14.8. The van der Waals surface area contributed by atoms with Gasteiger partial charge < -0.3 is 16.8 Å². The fourth-order valence-electron chi connectivity index (χ4n) is 3.53. The van der Waals surface area contributed by atoms with Gasteiger partial charge in [0.1, 0.15) is 6.04 Å². The van der Waals surface area contributed by atoms with Crippen LogP contribution >= 0.6 is 0 Å². The van der Waals surface area contributed by atoms with Crippen LogP contribution in [0.5, 0.6) is 0 Å². The molecule has 1 saturated heterocycles. The smallest absolute Gasteiger partial charge is 0.245 e. The molecule has 0 saturated carbocycles. The minimum absolute atomic E-state index is 0.00914. The van der Waals surface area contributed by atoms with Crippen LogP contribution in [0.4, 0.5) is 5.69 Å². The Bertz CT molecular complexity index is 827. The van der Waals surface area contributed by atoms with E-state index in [0.29, 0.717) is 0 Å². The van der Waals surface area contributed by atoms with Crippen molar-refractivity contribution in [2.45, 2.75) is 32.4 Å². The molecule has 6 nitrogen and oxygen atoms in total. The molecule has 2 aromatic carbocycles. The molecule has 1 fully saturated rings. The predicted octanol–water partition coefficient (Wildman–Crippen LogP) is 2.33. The minimum Gasteiger partial charge on any atom is -0.369 e. The maximum Gasteiger partial charge on any atom is 0.245 e. The van der Waals surface area contributed by atoms with Gasteiger partial charge in [-0.15, -0.1) is 0 Å². The van der Waals surface area contributed by atoms with Crippen molar-refractivity contribution in [2.24, 2.45) is 17.4 Å². The van der Waals surface area contributed by atoms with Gasteiger partial charge in [-0.2, -0.15) is 0 Å². The topological polar surface area (TPSA) is 101 Å². The van der Waals surface area contributed by atoms with Gasteiger partial charge in [0.05, 0.1) is 0 Å². The van der Waals surface area contributed by atoms with Crippen molar-refractivity contribution in [3.8, 4) is 0 Å². The molecule has 0 aromatic heterocycles. The Hall–Kier alpha value is -2.70. The quantitative estimate of drug-likeness (QED) is 0.716. The number of rotatable bonds is 6. The summed E-state index contributed by atoms with van der Waals surface area (Å²) in [6.45, 7) is 4.47. The van der Waals surface area contributed by atoms with Crippen molar-refractivity contribution in [1.29, 1.82) is 0 Å². The lowest BCUT2D eigenvalue weighted by Crippen LogP contribution is -2.38. The van der Waals surface area contributed by atoms with E-state index in [1.807, 2.05) is 55.5 Å². The Kier molecular flexibility index (Phi) is 6.44. The van der Waals surface area contributed by atoms with Crippen molar-refractivity contribution in [2.75, 3.05) is 18.4 Å². The first-order chi connectivity index (χ1) is 13.4. The van der Waals surface area contributed by atoms with Crippen molar-refractivity contribution >= 4 is 17.5 Å². The molecule has 0 aliphatic carbocycles. The van der Waals surface area contributed by atoms with Gasteiger partial charge in [-0.1, -0.05) is 42.0 Å². The summed E-state index contributed by atoms with van der Waals surface area (Å²) in [4.78, 5) is 26.1. The fourth-order valence-corrected chi connectivity index (χ4v) is 3.53. The highest BCUT2D eigenvalue weighted by molar-refractivity contribution is 5.95. The predicted molar refractivity (Wildman–Crippen MR) is 110 cm³/mol. The molecule has 148 valence electrons. The molecule has 1 heterocycles. The Morgan fingerprint density at radius 2 is 1.82 bits per heavy atom. The molecular formula is C22H28N4O2. The SMILES string of the molecule is Cc1ccc(C(N)C(=O)Nc2cccc(CN3CCC(C(N)=O)CC3)c2)cc1. The van der Waals surface area contributed by atoms with E-state index in [1.54, 1.807) is 0 Å². The van der Waals surface area contributed by atoms with Crippen LogP contribution in [0.3, 0.4) is 0 Å². The van der Waals surface area contributed by atoms with Gasteiger partial charge in [0.25, 0.3) is 0 Å². The molecular weight excluding hydrogens is 352 g/mol. The molecule has 5 N–H and O–H groups in total. The third kappa shape index (κ3) is 5.18. The first-order valence-corrected chi connectivity index (χ1v) is 9.66. The lowest BCUT2D eigenvalue weighted by atomic mass is 9.96. The first kappa shape index (κ1) is 20.0. The van der Waals surface area contributed by atoms with Crippen LogP contribution in [0.25, 0.3) is 0 Å². The Balaban J connectivity index is 1.58. The Labute approximate surface area is 165 Å². The number of aryl methyl sites for hydroxylation is 1. The van der Waals surface area contributed by atoms with Crippen LogP contribution in [0.2, 0.25) is 0 Å². The average Bonchev–Trinajstić information content (AvgIpc) is 2.68. The maximum absolute atomic E-state index is 12.5. The van der Waals surface area contributed by atoms with Gasteiger partial charge in [-0.05, 0) is 56.1 Å². The number of piperidine rings is 1. The van der Waals surface area contributed by atoms with Crippen molar-refractivity contribution in [3.05, 3.63) is 65.2 Å². The van der Waals surface area contributed by atoms with Gasteiger partial charge >= 0.3 is 0 Å². The summed E-state index contributed by atoms with van der Waals surface area (Å²) in [5.41, 5.74) is 15.3. The molecule has 3 rings (SSSR count). The van der Waals surface area contributed by atoms with Crippen LogP contribution in [-0.2, 0) is 16.1 Å². The summed E-state index contributed by atoms with van der Waals surface area (Å²) in [5.74, 6) is -0.442. The van der Waals surface area contributed by atoms with E-state index in [2.05, 4.69) is 10.2 Å². The number of primary amides is 1. The van der Waals surface area contributed by atoms with E-state index in [9.17, 15) is 9.59 Å². The number of carbonyl (C=O) groups is 2. The van der Waals surface area contributed by atoms with Crippen LogP contribution in [0.15, 0.2) is 48.5 Å². The summed E-state index contributed by atoms with van der Waals surface area (Å²) < 4.78 is 0. The Morgan fingerprint density at radius 3 is 2.46 bits per heavy atom. The molecule has 28 heavy (non-hydrogen) atoms. The number of nitrogens with zero attached hydrogens (tertiary/aromatic N) is 1. The van der Waals surface area contributed by atoms with E-state index < -0.39 is 6.04 Å². The zero-order chi connectivity index (χ0) is 20.1. The zero-order valence-electron chi connectivity index (χ0n) is 16.2. The number of nitrogens with one attached hydrogen (secondary N) is 1. The number of carbonyl (C=O) groups excluding carboxylic acids is 2. The standard InChI is InChI=1S/C22H28N4O2/c1-15-5-7-17(8-6-15)20(23)22(28)25-19-4-2-3-16(13-19)14-26-11-9-18(10-12-26)21(24)27/h2-8,13,18,20H,9-12,14,23H2,1H3,(H2,24,27)(H,25,28). The van der Waals surface area contributed by atoms with E-state index in [4.69, 9.17) is 11.5 Å². The average molecular weight is 380 g/mol. The molecule has 2 aromatic rings. The molecule has 0 bridgehead atoms. The molecule has 0 spiro atoms. The minimum atomic E-state index is -0.711. The number of anilines is 1. The number of amides is 2. The zero-order valence-corrected chi connectivity index (χ0v) is 16.2. The number of nitrogens with two attached hydrogens (primary N) is 2. The molecule has 1 aliphatic heterocycles. The van der Waals surface area contributed by atoms with E-state index in [0.717, 1.165) is 54.9 Å². The van der Waals surface area contributed by atoms with Crippen LogP contribution < -0.4 is 16.8 Å². The molecule has 0 radical (unpaired) electrons. The third-order valence-electron chi connectivity index (χ3n) is 5.31. The first-order valence-electron chi connectivity index (χ1n) is 9.66. The maximum atomic E-state index is 12.5. The molecule has 1 aliphatic rings. The molecule has 2 amide bonds. The second kappa shape index (κ2) is 8.99. The molecule has 6 heteroatoms. The lowest BCUT2D eigenvalue weighted by molar-refractivity contribution is -0.123. The van der Waals surface area contributed by atoms with Gasteiger partial charge in [0.15, 0.2) is 0 Å². The largest absolute Gasteiger partial charge is 0.369 e. The summed E-state index contributed by atoms with van der Waals surface area (Å²) >= 11 is 0. The van der Waals surface area contributed by atoms with Crippen LogP contribution in [-0.4, -0.2) is 29.8 Å². The van der Waals surface area contributed by atoms with Gasteiger partial charge in [0.2, 0.25) is 11.8 Å². The Morgan fingerprint density at radius 1 is 1.14 bits per heavy atom. The van der Waals surface area contributed by atoms with E-state index in [-0.39, 0.29) is 17.7 Å². The van der Waals surface area contributed by atoms with Crippen molar-refractivity contribution in [3.63, 3.8) is 0 Å². The second-order valence-electron chi connectivity index (χ2n) is 7.53. The highest BCUT2D eigenvalue weighted by Gasteiger charge is 2.23. The highest BCUT2D eigenvalue weighted by atomic mass is 16.2. The number of hydrogen-bond donors (Lipinski definition) is 3. The van der Waals surface area contributed by atoms with Gasteiger partial charge in [-0.3, -0.25) is 14.5 Å². The van der Waals surface area contributed by atoms with Crippen molar-refractivity contribution in [1.82, 2.24) is 4.90 Å². The number of benzene rings is 2. The summed E-state index contributed by atoms with van der Waals surface area (Å²) in [5, 5.41) is 2.91. The molecule has 1 atom stereocenters. The van der Waals surface area contributed by atoms with Gasteiger partial charge in [-0.25, -0.2) is 0 Å². The van der Waals surface area contributed by atoms with Crippen LogP contribution in [0.1, 0.15) is 35.6 Å². The van der Waals surface area contributed by atoms with E-state index in [1.165, 1.54) is 0 Å². The monoisotopic (exact) mass is 380 g/mol. The summed E-state index contributed by atoms with van der Waals surface area (Å²) in [7, 11) is 0. The van der Waals surface area contributed by atoms with E-state index >= 15 is 0 Å². The van der Waals surface area contributed by atoms with Crippen molar-refractivity contribution < 1.29 is 9.59 Å². The fraction of sp³-hybridized carbons (Fsp3) is 0.364. The second-order valence-corrected chi connectivity index (χ2v) is 7.53.